The summed E-state index contributed by atoms with van der Waals surface area (Å²) in [6.45, 7) is 2.41. The van der Waals surface area contributed by atoms with Gasteiger partial charge in [-0.15, -0.1) is 0 Å². The quantitative estimate of drug-likeness (QED) is 0.446. The molecular formula is C24H25N7O2. The van der Waals surface area contributed by atoms with E-state index in [0.717, 1.165) is 11.3 Å². The number of hydrogen-bond acceptors (Lipinski definition) is 5. The summed E-state index contributed by atoms with van der Waals surface area (Å²) in [5.74, 6) is 0.0894. The molecule has 4 rings (SSSR count). The molecule has 3 aromatic rings. The lowest BCUT2D eigenvalue weighted by atomic mass is 9.86. The van der Waals surface area contributed by atoms with Gasteiger partial charge in [0.1, 0.15) is 11.4 Å². The van der Waals surface area contributed by atoms with E-state index in [-0.39, 0.29) is 37.5 Å². The summed E-state index contributed by atoms with van der Waals surface area (Å²) in [5.41, 5.74) is 1.33. The molecule has 9 nitrogen and oxygen atoms in total. The minimum Gasteiger partial charge on any atom is -0.342 e. The fraction of sp³-hybridized carbons (Fsp3) is 0.250. The fourth-order valence-corrected chi connectivity index (χ4v) is 3.84. The molecule has 2 aromatic carbocycles. The number of nitrogens with one attached hydrogen (secondary N) is 4. The van der Waals surface area contributed by atoms with Gasteiger partial charge in [0.2, 0.25) is 0 Å². The van der Waals surface area contributed by atoms with Crippen LogP contribution in [0.25, 0.3) is 0 Å². The maximum absolute atomic E-state index is 13.0. The monoisotopic (exact) mass is 443 g/mol. The van der Waals surface area contributed by atoms with Crippen molar-refractivity contribution in [2.24, 2.45) is 0 Å². The molecule has 1 saturated heterocycles. The molecule has 0 unspecified atom stereocenters. The number of carbonyl (C=O) groups excluding carboxylic acids is 2. The number of hydrogen-bond donors (Lipinski definition) is 4. The van der Waals surface area contributed by atoms with Crippen LogP contribution in [-0.2, 0) is 0 Å². The van der Waals surface area contributed by atoms with E-state index in [1.54, 1.807) is 4.90 Å². The number of nitriles is 1. The number of likely N-dealkylation sites (tertiary alicyclic amines) is 1. The number of rotatable bonds is 7. The molecule has 1 aliphatic heterocycles. The van der Waals surface area contributed by atoms with Crippen molar-refractivity contribution in [1.29, 1.82) is 5.26 Å². The molecule has 1 aliphatic rings. The second kappa shape index (κ2) is 9.44. The van der Waals surface area contributed by atoms with Gasteiger partial charge in [-0.25, -0.2) is 4.79 Å². The zero-order valence-corrected chi connectivity index (χ0v) is 18.2. The van der Waals surface area contributed by atoms with Gasteiger partial charge in [-0.3, -0.25) is 9.89 Å². The molecule has 1 fully saturated rings. The van der Waals surface area contributed by atoms with Crippen LogP contribution in [0.5, 0.6) is 0 Å². The largest absolute Gasteiger partial charge is 0.342 e. The molecule has 9 heteroatoms. The van der Waals surface area contributed by atoms with E-state index in [4.69, 9.17) is 0 Å². The first-order valence-corrected chi connectivity index (χ1v) is 10.6. The highest BCUT2D eigenvalue weighted by molar-refractivity contribution is 5.99. The van der Waals surface area contributed by atoms with Crippen LogP contribution < -0.4 is 16.0 Å². The highest BCUT2D eigenvalue weighted by atomic mass is 16.2. The van der Waals surface area contributed by atoms with E-state index in [1.165, 1.54) is 6.20 Å². The van der Waals surface area contributed by atoms with Gasteiger partial charge >= 0.3 is 6.03 Å². The van der Waals surface area contributed by atoms with Crippen LogP contribution in [0.3, 0.4) is 0 Å². The normalized spacial score (nSPS) is 15.0. The minimum atomic E-state index is -0.805. The number of aromatic amines is 1. The maximum Gasteiger partial charge on any atom is 0.318 e. The van der Waals surface area contributed by atoms with Crippen molar-refractivity contribution in [3.63, 3.8) is 0 Å². The minimum absolute atomic E-state index is 0.0933. The first-order chi connectivity index (χ1) is 16.0. The predicted molar refractivity (Wildman–Crippen MR) is 124 cm³/mol. The number of anilines is 2. The van der Waals surface area contributed by atoms with E-state index < -0.39 is 5.54 Å². The first-order valence-electron chi connectivity index (χ1n) is 10.6. The lowest BCUT2D eigenvalue weighted by Gasteiger charge is -2.49. The average molecular weight is 444 g/mol. The number of nitrogens with zero attached hydrogens (tertiary/aromatic N) is 3. The van der Waals surface area contributed by atoms with Crippen LogP contribution in [0.2, 0.25) is 0 Å². The van der Waals surface area contributed by atoms with E-state index >= 15 is 0 Å². The van der Waals surface area contributed by atoms with Crippen molar-refractivity contribution in [3.05, 3.63) is 78.0 Å². The van der Waals surface area contributed by atoms with E-state index in [0.29, 0.717) is 11.4 Å². The summed E-state index contributed by atoms with van der Waals surface area (Å²) in [6.07, 6.45) is 1.53. The Kier molecular flexibility index (Phi) is 6.26. The van der Waals surface area contributed by atoms with Crippen LogP contribution in [0, 0.1) is 11.3 Å². The summed E-state index contributed by atoms with van der Waals surface area (Å²) >= 11 is 0. The lowest BCUT2D eigenvalue weighted by Crippen LogP contribution is -2.72. The molecule has 4 N–H and O–H groups in total. The first kappa shape index (κ1) is 21.9. The number of para-hydroxylation sites is 1. The number of H-pyrrole nitrogens is 1. The predicted octanol–water partition coefficient (Wildman–Crippen LogP) is 3.32. The number of benzene rings is 2. The van der Waals surface area contributed by atoms with Gasteiger partial charge in [0.15, 0.2) is 0 Å². The molecule has 0 saturated carbocycles. The Morgan fingerprint density at radius 1 is 1.15 bits per heavy atom. The highest BCUT2D eigenvalue weighted by Crippen LogP contribution is 2.27. The molecule has 0 bridgehead atoms. The molecule has 2 heterocycles. The third-order valence-corrected chi connectivity index (χ3v) is 5.64. The van der Waals surface area contributed by atoms with Gasteiger partial charge in [-0.1, -0.05) is 48.5 Å². The molecule has 33 heavy (non-hydrogen) atoms. The lowest BCUT2D eigenvalue weighted by molar-refractivity contribution is 0.0568. The summed E-state index contributed by atoms with van der Waals surface area (Å²) in [6, 6.07) is 20.8. The Labute approximate surface area is 191 Å². The van der Waals surface area contributed by atoms with Crippen molar-refractivity contribution in [3.8, 4) is 6.07 Å². The molecule has 1 atom stereocenters. The summed E-state index contributed by atoms with van der Waals surface area (Å²) in [4.78, 5) is 27.3. The molecule has 0 radical (unpaired) electrons. The second-order valence-electron chi connectivity index (χ2n) is 8.16. The molecule has 0 aliphatic carbocycles. The van der Waals surface area contributed by atoms with E-state index in [2.05, 4.69) is 32.2 Å². The van der Waals surface area contributed by atoms with Crippen molar-refractivity contribution in [2.45, 2.75) is 24.9 Å². The van der Waals surface area contributed by atoms with Gasteiger partial charge in [0.25, 0.3) is 5.91 Å². The summed E-state index contributed by atoms with van der Waals surface area (Å²) in [7, 11) is 0. The van der Waals surface area contributed by atoms with Crippen molar-refractivity contribution < 1.29 is 9.59 Å². The number of aromatic nitrogens is 2. The Morgan fingerprint density at radius 2 is 1.82 bits per heavy atom. The van der Waals surface area contributed by atoms with Gasteiger partial charge in [-0.05, 0) is 24.6 Å². The Hall–Kier alpha value is -4.32. The summed E-state index contributed by atoms with van der Waals surface area (Å²) < 4.78 is 0. The zero-order valence-electron chi connectivity index (χ0n) is 18.2. The van der Waals surface area contributed by atoms with E-state index in [9.17, 15) is 14.9 Å². The SMILES string of the molecule is C[C@@H](NC(=O)N1CC(CC#N)(NC(=O)c2cn[nH]c2Nc2ccccc2)C1)c1ccccc1. The second-order valence-corrected chi connectivity index (χ2v) is 8.16. The van der Waals surface area contributed by atoms with Crippen molar-refractivity contribution in [1.82, 2.24) is 25.7 Å². The highest BCUT2D eigenvalue weighted by Gasteiger charge is 2.47. The number of amides is 3. The van der Waals surface area contributed by atoms with Crippen molar-refractivity contribution in [2.75, 3.05) is 18.4 Å². The molecule has 1 aromatic heterocycles. The smallest absolute Gasteiger partial charge is 0.318 e. The van der Waals surface area contributed by atoms with Gasteiger partial charge in [0.05, 0.1) is 30.3 Å². The Balaban J connectivity index is 1.38. The topological polar surface area (TPSA) is 126 Å². The van der Waals surface area contributed by atoms with Crippen LogP contribution >= 0.6 is 0 Å². The molecular weight excluding hydrogens is 418 g/mol. The molecule has 168 valence electrons. The molecule has 0 spiro atoms. The van der Waals surface area contributed by atoms with Crippen LogP contribution in [0.4, 0.5) is 16.3 Å². The summed E-state index contributed by atoms with van der Waals surface area (Å²) in [5, 5.41) is 25.1. The van der Waals surface area contributed by atoms with Gasteiger partial charge in [-0.2, -0.15) is 10.4 Å². The van der Waals surface area contributed by atoms with Gasteiger partial charge in [0, 0.05) is 18.8 Å². The Bertz CT molecular complexity index is 1150. The Morgan fingerprint density at radius 3 is 2.48 bits per heavy atom. The number of carbonyl (C=O) groups is 2. The van der Waals surface area contributed by atoms with Crippen LogP contribution in [0.1, 0.15) is 35.3 Å². The third-order valence-electron chi connectivity index (χ3n) is 5.64. The van der Waals surface area contributed by atoms with E-state index in [1.807, 2.05) is 67.6 Å². The maximum atomic E-state index is 13.0. The van der Waals surface area contributed by atoms with Gasteiger partial charge < -0.3 is 20.9 Å². The standard InChI is InChI=1S/C24H25N7O2/c1-17(18-8-4-2-5-9-18)27-23(33)31-15-24(16-31,12-13-25)29-22(32)20-14-26-30-21(20)28-19-10-6-3-7-11-19/h2-11,14,17H,12,15-16H2,1H3,(H,27,33)(H,29,32)(H2,26,28,30)/t17-/m1/s1. The van der Waals surface area contributed by atoms with Crippen molar-refractivity contribution >= 4 is 23.4 Å². The van der Waals surface area contributed by atoms with Crippen LogP contribution in [0.15, 0.2) is 66.9 Å². The average Bonchev–Trinajstić information content (AvgIpc) is 3.26. The zero-order chi connectivity index (χ0) is 23.3. The fourth-order valence-electron chi connectivity index (χ4n) is 3.84. The number of urea groups is 1. The molecule has 3 amide bonds. The third kappa shape index (κ3) is 4.96. The van der Waals surface area contributed by atoms with Crippen LogP contribution in [-0.4, -0.2) is 45.7 Å².